The Morgan fingerprint density at radius 1 is 1.42 bits per heavy atom. The largest absolute Gasteiger partial charge is 0.374 e. The molecule has 0 bridgehead atoms. The molecule has 19 heavy (non-hydrogen) atoms. The lowest BCUT2D eigenvalue weighted by Gasteiger charge is -2.02. The number of nitrogens with one attached hydrogen (secondary N) is 2. The maximum absolute atomic E-state index is 12.0. The van der Waals surface area contributed by atoms with Crippen molar-refractivity contribution in [3.8, 4) is 0 Å². The number of carbonyl (C=O) groups is 1. The summed E-state index contributed by atoms with van der Waals surface area (Å²) in [4.78, 5) is 12.0. The molecule has 0 saturated heterocycles. The zero-order valence-electron chi connectivity index (χ0n) is 10.3. The van der Waals surface area contributed by atoms with E-state index in [1.165, 1.54) is 11.3 Å². The highest BCUT2D eigenvalue weighted by Gasteiger charge is 2.22. The molecule has 0 atom stereocenters. The summed E-state index contributed by atoms with van der Waals surface area (Å²) in [6.07, 6.45) is 3.64. The van der Waals surface area contributed by atoms with Crippen LogP contribution in [0, 0.1) is 0 Å². The number of H-pyrrole nitrogens is 1. The third-order valence-electron chi connectivity index (χ3n) is 3.13. The average Bonchev–Trinajstić information content (AvgIpc) is 3.04. The highest BCUT2D eigenvalue weighted by molar-refractivity contribution is 7.15. The first-order chi connectivity index (χ1) is 9.24. The highest BCUT2D eigenvalue weighted by Crippen LogP contribution is 2.22. The topological polar surface area (TPSA) is 110 Å². The van der Waals surface area contributed by atoms with Crippen LogP contribution >= 0.6 is 11.3 Å². The molecule has 0 radical (unpaired) electrons. The predicted octanol–water partition coefficient (Wildman–Crippen LogP) is 0.305. The Hall–Kier alpha value is -1.96. The van der Waals surface area contributed by atoms with E-state index in [2.05, 4.69) is 25.7 Å². The van der Waals surface area contributed by atoms with E-state index in [-0.39, 0.29) is 5.91 Å². The van der Waals surface area contributed by atoms with Gasteiger partial charge >= 0.3 is 0 Å². The van der Waals surface area contributed by atoms with Gasteiger partial charge in [0.05, 0.1) is 0 Å². The van der Waals surface area contributed by atoms with Crippen molar-refractivity contribution < 1.29 is 4.79 Å². The molecule has 0 fully saturated rings. The van der Waals surface area contributed by atoms with Crippen molar-refractivity contribution in [2.45, 2.75) is 25.7 Å². The lowest BCUT2D eigenvalue weighted by molar-refractivity contribution is 0.0948. The fourth-order valence-electron chi connectivity index (χ4n) is 2.24. The second kappa shape index (κ2) is 4.96. The maximum Gasteiger partial charge on any atom is 0.272 e. The molecule has 0 unspecified atom stereocenters. The smallest absolute Gasteiger partial charge is 0.272 e. The summed E-state index contributed by atoms with van der Waals surface area (Å²) in [5.74, 6) is -0.128. The molecule has 4 N–H and O–H groups in total. The van der Waals surface area contributed by atoms with Crippen molar-refractivity contribution in [3.63, 3.8) is 0 Å². The number of hydrogen-bond donors (Lipinski definition) is 3. The minimum Gasteiger partial charge on any atom is -0.374 e. The van der Waals surface area contributed by atoms with Crippen LogP contribution in [-0.2, 0) is 19.3 Å². The van der Waals surface area contributed by atoms with Gasteiger partial charge in [0.25, 0.3) is 5.91 Å². The fraction of sp³-hybridized carbons (Fsp3) is 0.455. The van der Waals surface area contributed by atoms with Crippen LogP contribution in [0.2, 0.25) is 0 Å². The summed E-state index contributed by atoms with van der Waals surface area (Å²) in [7, 11) is 0. The van der Waals surface area contributed by atoms with Gasteiger partial charge in [-0.05, 0) is 19.3 Å². The second-order valence-corrected chi connectivity index (χ2v) is 5.52. The first kappa shape index (κ1) is 12.1. The number of aromatic amines is 1. The molecule has 1 aliphatic carbocycles. The van der Waals surface area contributed by atoms with Crippen LogP contribution in [0.25, 0.3) is 0 Å². The van der Waals surface area contributed by atoms with Gasteiger partial charge in [0.2, 0.25) is 5.13 Å². The Bertz CT molecular complexity index is 604. The summed E-state index contributed by atoms with van der Waals surface area (Å²) in [5.41, 5.74) is 8.19. The molecule has 0 saturated carbocycles. The van der Waals surface area contributed by atoms with Gasteiger partial charge in [-0.2, -0.15) is 5.10 Å². The van der Waals surface area contributed by atoms with E-state index in [0.29, 0.717) is 23.8 Å². The third kappa shape index (κ3) is 2.43. The van der Waals surface area contributed by atoms with Crippen LogP contribution in [0.15, 0.2) is 0 Å². The van der Waals surface area contributed by atoms with E-state index in [1.54, 1.807) is 0 Å². The fourth-order valence-corrected chi connectivity index (χ4v) is 2.85. The van der Waals surface area contributed by atoms with Crippen LogP contribution in [0.4, 0.5) is 5.13 Å². The number of rotatable bonds is 4. The molecule has 3 rings (SSSR count). The molecule has 0 aliphatic heterocycles. The number of aryl methyl sites for hydroxylation is 1. The molecule has 8 heteroatoms. The van der Waals surface area contributed by atoms with Crippen LogP contribution in [0.3, 0.4) is 0 Å². The van der Waals surface area contributed by atoms with Gasteiger partial charge in [0.15, 0.2) is 5.69 Å². The molecule has 2 heterocycles. The monoisotopic (exact) mass is 278 g/mol. The predicted molar refractivity (Wildman–Crippen MR) is 71.0 cm³/mol. The summed E-state index contributed by atoms with van der Waals surface area (Å²) in [5, 5.41) is 18.8. The van der Waals surface area contributed by atoms with Crippen LogP contribution in [-0.4, -0.2) is 32.8 Å². The van der Waals surface area contributed by atoms with E-state index in [9.17, 15) is 4.79 Å². The van der Waals surface area contributed by atoms with Gasteiger partial charge in [-0.15, -0.1) is 10.2 Å². The minimum absolute atomic E-state index is 0.128. The number of fused-ring (bicyclic) bond motifs is 1. The zero-order chi connectivity index (χ0) is 13.2. The van der Waals surface area contributed by atoms with Gasteiger partial charge in [-0.3, -0.25) is 9.89 Å². The number of nitrogen functional groups attached to an aromatic ring is 1. The second-order valence-electron chi connectivity index (χ2n) is 4.42. The Kier molecular flexibility index (Phi) is 3.16. The van der Waals surface area contributed by atoms with Crippen molar-refractivity contribution in [2.24, 2.45) is 0 Å². The molecule has 0 spiro atoms. The number of nitrogens with zero attached hydrogens (tertiary/aromatic N) is 3. The van der Waals surface area contributed by atoms with Crippen LogP contribution in [0.5, 0.6) is 0 Å². The molecule has 7 nitrogen and oxygen atoms in total. The summed E-state index contributed by atoms with van der Waals surface area (Å²) in [6, 6.07) is 0. The van der Waals surface area contributed by atoms with E-state index < -0.39 is 0 Å². The minimum atomic E-state index is -0.128. The zero-order valence-corrected chi connectivity index (χ0v) is 11.1. The molecule has 1 aliphatic rings. The lowest BCUT2D eigenvalue weighted by Crippen LogP contribution is -2.26. The van der Waals surface area contributed by atoms with Gasteiger partial charge in [-0.25, -0.2) is 0 Å². The average molecular weight is 278 g/mol. The Balaban J connectivity index is 1.56. The SMILES string of the molecule is Nc1nnc(CCNC(=O)c2n[nH]c3c2CCC3)s1. The van der Waals surface area contributed by atoms with Gasteiger partial charge in [0, 0.05) is 24.2 Å². The summed E-state index contributed by atoms with van der Waals surface area (Å²) in [6.45, 7) is 0.509. The first-order valence-corrected chi connectivity index (χ1v) is 6.98. The molecule has 100 valence electrons. The number of aromatic nitrogens is 4. The van der Waals surface area contributed by atoms with Crippen molar-refractivity contribution in [3.05, 3.63) is 22.0 Å². The number of hydrogen-bond acceptors (Lipinski definition) is 6. The Morgan fingerprint density at radius 3 is 3.11 bits per heavy atom. The van der Waals surface area contributed by atoms with Crippen LogP contribution < -0.4 is 11.1 Å². The van der Waals surface area contributed by atoms with Gasteiger partial charge < -0.3 is 11.1 Å². The van der Waals surface area contributed by atoms with Crippen molar-refractivity contribution in [2.75, 3.05) is 12.3 Å². The molecule has 1 amide bonds. The van der Waals surface area contributed by atoms with E-state index >= 15 is 0 Å². The van der Waals surface area contributed by atoms with Crippen molar-refractivity contribution >= 4 is 22.4 Å². The van der Waals surface area contributed by atoms with Crippen LogP contribution in [0.1, 0.15) is 33.2 Å². The number of carbonyl (C=O) groups excluding carboxylic acids is 1. The molecule has 2 aromatic heterocycles. The normalized spacial score (nSPS) is 13.5. The van der Waals surface area contributed by atoms with Gasteiger partial charge in [-0.1, -0.05) is 11.3 Å². The van der Waals surface area contributed by atoms with Gasteiger partial charge in [0.1, 0.15) is 5.01 Å². The quantitative estimate of drug-likeness (QED) is 0.745. The highest BCUT2D eigenvalue weighted by atomic mass is 32.1. The number of anilines is 1. The molecular formula is C11H14N6OS. The van der Waals surface area contributed by atoms with E-state index in [4.69, 9.17) is 5.73 Å². The first-order valence-electron chi connectivity index (χ1n) is 6.16. The van der Waals surface area contributed by atoms with E-state index in [1.807, 2.05) is 0 Å². The molecule has 2 aromatic rings. The Morgan fingerprint density at radius 2 is 2.32 bits per heavy atom. The maximum atomic E-state index is 12.0. The molecule has 0 aromatic carbocycles. The standard InChI is InChI=1S/C11H14N6OS/c12-11-17-15-8(19-11)4-5-13-10(18)9-6-2-1-3-7(6)14-16-9/h1-5H2,(H2,12,17)(H,13,18)(H,14,16). The van der Waals surface area contributed by atoms with Crippen molar-refractivity contribution in [1.29, 1.82) is 0 Å². The Labute approximate surface area is 113 Å². The van der Waals surface area contributed by atoms with Crippen molar-refractivity contribution in [1.82, 2.24) is 25.7 Å². The van der Waals surface area contributed by atoms with E-state index in [0.717, 1.165) is 35.5 Å². The number of amides is 1. The summed E-state index contributed by atoms with van der Waals surface area (Å²) < 4.78 is 0. The third-order valence-corrected chi connectivity index (χ3v) is 3.94. The lowest BCUT2D eigenvalue weighted by atomic mass is 10.2. The summed E-state index contributed by atoms with van der Waals surface area (Å²) >= 11 is 1.34. The molecular weight excluding hydrogens is 264 g/mol. The number of nitrogens with two attached hydrogens (primary N) is 1.